The van der Waals surface area contributed by atoms with Crippen LogP contribution in [0.4, 0.5) is 0 Å². The Kier molecular flexibility index (Phi) is 5.60. The second-order valence-corrected chi connectivity index (χ2v) is 6.15. The number of hydrogen-bond acceptors (Lipinski definition) is 5. The Morgan fingerprint density at radius 1 is 1.04 bits per heavy atom. The zero-order chi connectivity index (χ0) is 17.6. The molecule has 0 fully saturated rings. The second-order valence-electron chi connectivity index (χ2n) is 5.36. The molecule has 1 aromatic heterocycles. The summed E-state index contributed by atoms with van der Waals surface area (Å²) in [5, 5.41) is 5.26. The van der Waals surface area contributed by atoms with Crippen molar-refractivity contribution >= 4 is 27.7 Å². The minimum absolute atomic E-state index is 0.113. The van der Waals surface area contributed by atoms with Crippen LogP contribution in [-0.2, 0) is 11.2 Å². The summed E-state index contributed by atoms with van der Waals surface area (Å²) in [6.45, 7) is 1.45. The summed E-state index contributed by atoms with van der Waals surface area (Å²) >= 11 is 3.12. The maximum absolute atomic E-state index is 11.8. The van der Waals surface area contributed by atoms with Gasteiger partial charge in [0.15, 0.2) is 21.9 Å². The Morgan fingerprint density at radius 3 is 2.60 bits per heavy atom. The number of ether oxygens (including phenoxy) is 2. The maximum atomic E-state index is 11.8. The number of furan rings is 1. The van der Waals surface area contributed by atoms with Gasteiger partial charge in [-0.15, -0.1) is 0 Å². The van der Waals surface area contributed by atoms with Gasteiger partial charge in [-0.2, -0.15) is 0 Å². The minimum Gasteiger partial charge on any atom is -0.486 e. The molecule has 0 radical (unpaired) electrons. The lowest BCUT2D eigenvalue weighted by atomic mass is 10.1. The molecule has 2 N–H and O–H groups in total. The van der Waals surface area contributed by atoms with Crippen molar-refractivity contribution in [2.75, 3.05) is 26.3 Å². The van der Waals surface area contributed by atoms with Gasteiger partial charge in [0.25, 0.3) is 5.91 Å². The van der Waals surface area contributed by atoms with Crippen molar-refractivity contribution in [3.8, 4) is 11.5 Å². The van der Waals surface area contributed by atoms with Gasteiger partial charge in [0.2, 0.25) is 5.91 Å². The highest BCUT2D eigenvalue weighted by Gasteiger charge is 2.13. The number of carbonyl (C=O) groups is 2. The number of nitrogens with one attached hydrogen (secondary N) is 2. The van der Waals surface area contributed by atoms with Gasteiger partial charge in [-0.1, -0.05) is 6.07 Å². The Bertz CT molecular complexity index is 774. The molecule has 2 heterocycles. The molecule has 0 unspecified atom stereocenters. The van der Waals surface area contributed by atoms with Crippen LogP contribution in [0, 0.1) is 0 Å². The molecule has 1 aliphatic heterocycles. The van der Waals surface area contributed by atoms with E-state index in [-0.39, 0.29) is 18.2 Å². The molecule has 0 aliphatic carbocycles. The number of hydrogen-bond donors (Lipinski definition) is 2. The Balaban J connectivity index is 1.40. The van der Waals surface area contributed by atoms with E-state index in [4.69, 9.17) is 13.9 Å². The van der Waals surface area contributed by atoms with E-state index in [1.54, 1.807) is 6.07 Å². The summed E-state index contributed by atoms with van der Waals surface area (Å²) in [7, 11) is 0. The topological polar surface area (TPSA) is 89.8 Å². The molecule has 132 valence electrons. The smallest absolute Gasteiger partial charge is 0.287 e. The fourth-order valence-electron chi connectivity index (χ4n) is 2.34. The fourth-order valence-corrected chi connectivity index (χ4v) is 2.64. The third-order valence-electron chi connectivity index (χ3n) is 3.55. The van der Waals surface area contributed by atoms with Gasteiger partial charge >= 0.3 is 0 Å². The summed E-state index contributed by atoms with van der Waals surface area (Å²) in [5.74, 6) is 0.915. The fraction of sp³-hybridized carbons (Fsp3) is 0.294. The van der Waals surface area contributed by atoms with Crippen molar-refractivity contribution in [2.24, 2.45) is 0 Å². The van der Waals surface area contributed by atoms with E-state index in [0.29, 0.717) is 30.8 Å². The van der Waals surface area contributed by atoms with Gasteiger partial charge in [-0.05, 0) is 52.2 Å². The molecule has 25 heavy (non-hydrogen) atoms. The van der Waals surface area contributed by atoms with Crippen LogP contribution in [-0.4, -0.2) is 38.1 Å². The molecule has 1 aromatic carbocycles. The minimum atomic E-state index is -0.437. The molecule has 0 saturated heterocycles. The van der Waals surface area contributed by atoms with Gasteiger partial charge in [0, 0.05) is 6.54 Å². The van der Waals surface area contributed by atoms with Crippen molar-refractivity contribution in [1.82, 2.24) is 10.6 Å². The Hall–Kier alpha value is -2.48. The first-order valence-electron chi connectivity index (χ1n) is 7.80. The lowest BCUT2D eigenvalue weighted by Gasteiger charge is -2.18. The first-order valence-corrected chi connectivity index (χ1v) is 8.60. The van der Waals surface area contributed by atoms with E-state index in [1.807, 2.05) is 18.2 Å². The van der Waals surface area contributed by atoms with E-state index < -0.39 is 5.91 Å². The van der Waals surface area contributed by atoms with Gasteiger partial charge in [0.1, 0.15) is 13.2 Å². The zero-order valence-corrected chi connectivity index (χ0v) is 14.9. The van der Waals surface area contributed by atoms with Crippen LogP contribution >= 0.6 is 15.9 Å². The van der Waals surface area contributed by atoms with E-state index in [9.17, 15) is 9.59 Å². The van der Waals surface area contributed by atoms with E-state index in [2.05, 4.69) is 26.6 Å². The number of rotatable bonds is 6. The normalized spacial score (nSPS) is 12.5. The van der Waals surface area contributed by atoms with Crippen LogP contribution in [0.15, 0.2) is 39.4 Å². The van der Waals surface area contributed by atoms with Crippen molar-refractivity contribution in [3.05, 3.63) is 46.3 Å². The Morgan fingerprint density at radius 2 is 1.84 bits per heavy atom. The largest absolute Gasteiger partial charge is 0.486 e. The summed E-state index contributed by atoms with van der Waals surface area (Å²) < 4.78 is 16.6. The highest BCUT2D eigenvalue weighted by atomic mass is 79.9. The third kappa shape index (κ3) is 4.76. The molecule has 2 amide bonds. The molecule has 7 nitrogen and oxygen atoms in total. The number of amides is 2. The quantitative estimate of drug-likeness (QED) is 0.761. The zero-order valence-electron chi connectivity index (χ0n) is 13.3. The summed E-state index contributed by atoms with van der Waals surface area (Å²) in [4.78, 5) is 23.6. The lowest BCUT2D eigenvalue weighted by Crippen LogP contribution is -2.37. The number of halogens is 1. The molecule has 2 aromatic rings. The predicted octanol–water partition coefficient (Wildman–Crippen LogP) is 1.90. The van der Waals surface area contributed by atoms with Crippen molar-refractivity contribution in [2.45, 2.75) is 6.42 Å². The highest BCUT2D eigenvalue weighted by molar-refractivity contribution is 9.10. The first kappa shape index (κ1) is 17.3. The van der Waals surface area contributed by atoms with Crippen LogP contribution in [0.2, 0.25) is 0 Å². The van der Waals surface area contributed by atoms with Crippen molar-refractivity contribution < 1.29 is 23.5 Å². The molecular formula is C17H17BrN2O5. The number of carbonyl (C=O) groups excluding carboxylic acids is 2. The molecule has 3 rings (SSSR count). The maximum Gasteiger partial charge on any atom is 0.287 e. The molecule has 0 saturated carbocycles. The molecule has 0 spiro atoms. The Labute approximate surface area is 152 Å². The summed E-state index contributed by atoms with van der Waals surface area (Å²) in [5.41, 5.74) is 1.04. The van der Waals surface area contributed by atoms with Crippen LogP contribution in [0.5, 0.6) is 11.5 Å². The lowest BCUT2D eigenvalue weighted by molar-refractivity contribution is -0.120. The number of fused-ring (bicyclic) bond motifs is 1. The second kappa shape index (κ2) is 8.06. The van der Waals surface area contributed by atoms with Crippen LogP contribution in [0.1, 0.15) is 16.1 Å². The third-order valence-corrected chi connectivity index (χ3v) is 3.98. The first-order chi connectivity index (χ1) is 12.1. The SMILES string of the molecule is O=C(CNC(=O)c1ccc(Br)o1)NCCc1ccc2c(c1)OCCO2. The average molecular weight is 409 g/mol. The van der Waals surface area contributed by atoms with Crippen molar-refractivity contribution in [3.63, 3.8) is 0 Å². The van der Waals surface area contributed by atoms with Crippen molar-refractivity contribution in [1.29, 1.82) is 0 Å². The molecule has 1 aliphatic rings. The van der Waals surface area contributed by atoms with Gasteiger partial charge in [-0.25, -0.2) is 0 Å². The number of benzene rings is 1. The van der Waals surface area contributed by atoms with E-state index in [0.717, 1.165) is 17.1 Å². The molecule has 0 atom stereocenters. The standard InChI is InChI=1S/C17H17BrN2O5/c18-15-4-3-13(25-15)17(22)20-10-16(21)19-6-5-11-1-2-12-14(9-11)24-8-7-23-12/h1-4,9H,5-8,10H2,(H,19,21)(H,20,22). The van der Waals surface area contributed by atoms with Crippen LogP contribution < -0.4 is 20.1 Å². The monoisotopic (exact) mass is 408 g/mol. The average Bonchev–Trinajstić information content (AvgIpc) is 3.06. The molecule has 8 heteroatoms. The highest BCUT2D eigenvalue weighted by Crippen LogP contribution is 2.30. The summed E-state index contributed by atoms with van der Waals surface area (Å²) in [6.07, 6.45) is 0.654. The van der Waals surface area contributed by atoms with Crippen LogP contribution in [0.3, 0.4) is 0 Å². The molecular weight excluding hydrogens is 392 g/mol. The van der Waals surface area contributed by atoms with Crippen LogP contribution in [0.25, 0.3) is 0 Å². The molecule has 0 bridgehead atoms. The van der Waals surface area contributed by atoms with Gasteiger partial charge in [-0.3, -0.25) is 9.59 Å². The van der Waals surface area contributed by atoms with E-state index >= 15 is 0 Å². The van der Waals surface area contributed by atoms with E-state index in [1.165, 1.54) is 6.07 Å². The summed E-state index contributed by atoms with van der Waals surface area (Å²) in [6, 6.07) is 8.86. The van der Waals surface area contributed by atoms with Gasteiger partial charge < -0.3 is 24.5 Å². The van der Waals surface area contributed by atoms with Gasteiger partial charge in [0.05, 0.1) is 6.54 Å². The predicted molar refractivity (Wildman–Crippen MR) is 92.9 cm³/mol.